The summed E-state index contributed by atoms with van der Waals surface area (Å²) in [4.78, 5) is 34.5. The Hall–Kier alpha value is -4.53. The van der Waals surface area contributed by atoms with Gasteiger partial charge in [-0.25, -0.2) is 9.18 Å². The molecule has 0 N–H and O–H groups in total. The van der Waals surface area contributed by atoms with E-state index in [-0.39, 0.29) is 40.9 Å². The van der Waals surface area contributed by atoms with E-state index in [9.17, 15) is 4.79 Å². The number of rotatable bonds is 8. The molecule has 0 radical (unpaired) electrons. The van der Waals surface area contributed by atoms with Crippen LogP contribution in [0.15, 0.2) is 54.7 Å². The van der Waals surface area contributed by atoms with Gasteiger partial charge in [-0.3, -0.25) is 14.8 Å². The zero-order valence-electron chi connectivity index (χ0n) is 35.7. The van der Waals surface area contributed by atoms with E-state index in [2.05, 4.69) is 93.2 Å². The van der Waals surface area contributed by atoms with Crippen molar-refractivity contribution in [1.29, 1.82) is 0 Å². The number of pyridine rings is 1. The second-order valence-electron chi connectivity index (χ2n) is 18.9. The number of anilines is 1. The van der Waals surface area contributed by atoms with Crippen LogP contribution in [0.2, 0.25) is 16.6 Å². The number of hydrogen-bond donors (Lipinski definition) is 0. The molecule has 6 heterocycles. The minimum Gasteiger partial charge on any atom is -0.461 e. The van der Waals surface area contributed by atoms with Crippen molar-refractivity contribution < 1.29 is 18.7 Å². The molecule has 2 aromatic heterocycles. The molecule has 2 atom stereocenters. The number of carbonyl (C=O) groups is 1. The van der Waals surface area contributed by atoms with Gasteiger partial charge in [0.25, 0.3) is 0 Å². The second kappa shape index (κ2) is 15.2. The molecule has 2 unspecified atom stereocenters. The summed E-state index contributed by atoms with van der Waals surface area (Å²) in [5.74, 6) is 3.69. The molecule has 3 saturated heterocycles. The summed E-state index contributed by atoms with van der Waals surface area (Å²) in [6.45, 7) is 23.0. The maximum Gasteiger partial charge on any atom is 0.411 e. The van der Waals surface area contributed by atoms with E-state index < -0.39 is 19.5 Å². The molecule has 306 valence electrons. The highest BCUT2D eigenvalue weighted by atomic mass is 28.3. The first-order chi connectivity index (χ1) is 27.6. The van der Waals surface area contributed by atoms with Crippen LogP contribution in [0.5, 0.6) is 6.01 Å². The van der Waals surface area contributed by atoms with E-state index in [1.54, 1.807) is 11.1 Å². The number of nitrogens with zero attached hydrogens (tertiary/aromatic N) is 6. The van der Waals surface area contributed by atoms with Crippen LogP contribution in [0.1, 0.15) is 93.6 Å². The normalized spacial score (nSPS) is 20.4. The number of fused-ring (bicyclic) bond motifs is 5. The molecule has 11 heteroatoms. The highest BCUT2D eigenvalue weighted by molar-refractivity contribution is 6.90. The molecule has 8 rings (SSSR count). The molecule has 4 aliphatic heterocycles. The first kappa shape index (κ1) is 40.3. The molecule has 4 aromatic rings. The van der Waals surface area contributed by atoms with Crippen LogP contribution in [-0.2, 0) is 4.74 Å². The van der Waals surface area contributed by atoms with Crippen molar-refractivity contribution in [3.63, 3.8) is 0 Å². The third-order valence-electron chi connectivity index (χ3n) is 13.4. The van der Waals surface area contributed by atoms with E-state index in [0.717, 1.165) is 55.1 Å². The van der Waals surface area contributed by atoms with Crippen LogP contribution in [0.25, 0.3) is 32.9 Å². The van der Waals surface area contributed by atoms with Gasteiger partial charge in [-0.15, -0.1) is 5.54 Å². The van der Waals surface area contributed by atoms with Gasteiger partial charge >= 0.3 is 12.1 Å². The standard InChI is InChI=1S/C47H59FN6O3Si/c1-30(2)58(31(3)4,32(5)6)25-20-34-15-10-14-33-16-11-17-37(39(33)34)41-40(48)42-38(26-49-41)43(51-44(50-42)56-29-47-21-12-23-53(47)24-13-22-47)52-27-35-18-19-36(28-52)54(35)45(55)57-46(7,8)9/h10-11,14-19,26,30-32,35-36H,12-13,21-24,27-29H2,1-9H3. The predicted molar refractivity (Wildman–Crippen MR) is 233 cm³/mol. The van der Waals surface area contributed by atoms with Crippen LogP contribution in [0.3, 0.4) is 0 Å². The molecule has 0 spiro atoms. The summed E-state index contributed by atoms with van der Waals surface area (Å²) in [6.07, 6.45) is 9.89. The monoisotopic (exact) mass is 802 g/mol. The number of ether oxygens (including phenoxy) is 2. The maximum absolute atomic E-state index is 17.5. The molecule has 0 saturated carbocycles. The summed E-state index contributed by atoms with van der Waals surface area (Å²) < 4.78 is 29.9. The van der Waals surface area contributed by atoms with E-state index in [0.29, 0.717) is 53.1 Å². The van der Waals surface area contributed by atoms with E-state index in [1.165, 1.54) is 0 Å². The Kier molecular flexibility index (Phi) is 10.6. The highest BCUT2D eigenvalue weighted by Crippen LogP contribution is 2.43. The van der Waals surface area contributed by atoms with Gasteiger partial charge in [-0.1, -0.05) is 89.9 Å². The SMILES string of the molecule is CC(C)[Si](C#Cc1cccc2cccc(-c3ncc4c(N5CC6C=CC(C5)N6C(=O)OC(C)(C)C)nc(OCC56CCCN5CCC6)nc4c3F)c12)(C(C)C)C(C)C. The molecule has 1 amide bonds. The number of carbonyl (C=O) groups excluding carboxylic acids is 1. The number of halogens is 1. The topological polar surface area (TPSA) is 83.9 Å². The molecular formula is C47H59FN6O3Si. The van der Waals surface area contributed by atoms with Crippen molar-refractivity contribution in [3.05, 3.63) is 66.1 Å². The lowest BCUT2D eigenvalue weighted by Crippen LogP contribution is -2.57. The first-order valence-corrected chi connectivity index (χ1v) is 23.6. The van der Waals surface area contributed by atoms with Gasteiger partial charge in [0.05, 0.1) is 23.0 Å². The van der Waals surface area contributed by atoms with Crippen molar-refractivity contribution in [3.8, 4) is 28.7 Å². The van der Waals surface area contributed by atoms with Crippen LogP contribution >= 0.6 is 0 Å². The lowest BCUT2D eigenvalue weighted by atomic mass is 9.95. The van der Waals surface area contributed by atoms with Gasteiger partial charge in [-0.2, -0.15) is 9.97 Å². The summed E-state index contributed by atoms with van der Waals surface area (Å²) in [5, 5.41) is 2.37. The Morgan fingerprint density at radius 1 is 0.948 bits per heavy atom. The smallest absolute Gasteiger partial charge is 0.411 e. The average molecular weight is 803 g/mol. The van der Waals surface area contributed by atoms with Gasteiger partial charge in [0.2, 0.25) is 0 Å². The number of benzene rings is 2. The molecule has 9 nitrogen and oxygen atoms in total. The summed E-state index contributed by atoms with van der Waals surface area (Å²) in [7, 11) is -2.05. The Labute approximate surface area is 344 Å². The molecule has 58 heavy (non-hydrogen) atoms. The highest BCUT2D eigenvalue weighted by Gasteiger charge is 2.46. The van der Waals surface area contributed by atoms with Crippen molar-refractivity contribution in [1.82, 2.24) is 24.8 Å². The fourth-order valence-corrected chi connectivity index (χ4v) is 15.9. The summed E-state index contributed by atoms with van der Waals surface area (Å²) >= 11 is 0. The van der Waals surface area contributed by atoms with Crippen molar-refractivity contribution in [2.45, 2.75) is 128 Å². The van der Waals surface area contributed by atoms with Crippen molar-refractivity contribution in [2.75, 3.05) is 37.7 Å². The molecule has 2 aromatic carbocycles. The average Bonchev–Trinajstić information content (AvgIpc) is 3.83. The largest absolute Gasteiger partial charge is 0.461 e. The van der Waals surface area contributed by atoms with Gasteiger partial charge in [0.1, 0.15) is 37.3 Å². The van der Waals surface area contributed by atoms with Crippen LogP contribution in [0.4, 0.5) is 15.0 Å². The number of aromatic nitrogens is 3. The first-order valence-electron chi connectivity index (χ1n) is 21.4. The Morgan fingerprint density at radius 2 is 1.59 bits per heavy atom. The number of piperazine rings is 1. The van der Waals surface area contributed by atoms with Gasteiger partial charge in [-0.05, 0) is 87.6 Å². The zero-order chi connectivity index (χ0) is 41.1. The quantitative estimate of drug-likeness (QED) is 0.0990. The number of amides is 1. The van der Waals surface area contributed by atoms with Gasteiger partial charge in [0.15, 0.2) is 5.82 Å². The third-order valence-corrected chi connectivity index (χ3v) is 19.6. The van der Waals surface area contributed by atoms with Crippen LogP contribution < -0.4 is 9.64 Å². The lowest BCUT2D eigenvalue weighted by Gasteiger charge is -2.42. The molecule has 3 fully saturated rings. The molecule has 4 aliphatic rings. The predicted octanol–water partition coefficient (Wildman–Crippen LogP) is 9.92. The minimum absolute atomic E-state index is 0.0377. The van der Waals surface area contributed by atoms with E-state index in [1.807, 2.05) is 39.0 Å². The molecule has 2 bridgehead atoms. The third kappa shape index (κ3) is 7.04. The van der Waals surface area contributed by atoms with E-state index >= 15 is 4.39 Å². The van der Waals surface area contributed by atoms with E-state index in [4.69, 9.17) is 24.4 Å². The minimum atomic E-state index is -2.05. The van der Waals surface area contributed by atoms with Crippen molar-refractivity contribution in [2.24, 2.45) is 0 Å². The number of hydrogen-bond acceptors (Lipinski definition) is 8. The summed E-state index contributed by atoms with van der Waals surface area (Å²) in [5.41, 5.74) is 6.62. The second-order valence-corrected chi connectivity index (χ2v) is 24.5. The van der Waals surface area contributed by atoms with Crippen LogP contribution in [0, 0.1) is 17.3 Å². The Balaban J connectivity index is 1.23. The van der Waals surface area contributed by atoms with Gasteiger partial charge in [0, 0.05) is 35.8 Å². The Bertz CT molecular complexity index is 2270. The summed E-state index contributed by atoms with van der Waals surface area (Å²) in [6, 6.07) is 11.8. The molecule has 0 aliphatic carbocycles. The van der Waals surface area contributed by atoms with Crippen molar-refractivity contribution >= 4 is 41.7 Å². The Morgan fingerprint density at radius 3 is 2.21 bits per heavy atom. The zero-order valence-corrected chi connectivity index (χ0v) is 36.7. The van der Waals surface area contributed by atoms with Gasteiger partial charge < -0.3 is 14.4 Å². The fourth-order valence-electron chi connectivity index (χ4n) is 10.7. The lowest BCUT2D eigenvalue weighted by molar-refractivity contribution is 0.0146. The van der Waals surface area contributed by atoms with Crippen LogP contribution in [-0.4, -0.2) is 94.9 Å². The fraction of sp³-hybridized carbons (Fsp3) is 0.532. The molecular weight excluding hydrogens is 744 g/mol. The maximum atomic E-state index is 17.5.